The molecule has 0 saturated heterocycles. The van der Waals surface area contributed by atoms with Crippen LogP contribution in [0.5, 0.6) is 5.75 Å². The van der Waals surface area contributed by atoms with Gasteiger partial charge in [0.25, 0.3) is 0 Å². The van der Waals surface area contributed by atoms with Gasteiger partial charge in [0.05, 0.1) is 35.3 Å². The molecule has 0 aliphatic rings. The van der Waals surface area contributed by atoms with Crippen molar-refractivity contribution in [2.45, 2.75) is 19.4 Å². The summed E-state index contributed by atoms with van der Waals surface area (Å²) in [7, 11) is 3.35. The van der Waals surface area contributed by atoms with E-state index in [0.29, 0.717) is 28.4 Å². The van der Waals surface area contributed by atoms with Gasteiger partial charge in [-0.1, -0.05) is 23.7 Å². The van der Waals surface area contributed by atoms with Crippen molar-refractivity contribution in [1.29, 1.82) is 0 Å². The van der Waals surface area contributed by atoms with Crippen LogP contribution in [0.3, 0.4) is 0 Å². The number of aliphatic hydroxyl groups is 1. The molecule has 1 atom stereocenters. The largest absolute Gasteiger partial charge is 0.495 e. The minimum atomic E-state index is -0.766. The van der Waals surface area contributed by atoms with E-state index in [0.717, 1.165) is 11.4 Å². The molecular weight excluding hydrogens is 278 g/mol. The molecule has 0 saturated carbocycles. The highest BCUT2D eigenvalue weighted by atomic mass is 35.5. The molecule has 0 radical (unpaired) electrons. The maximum atomic E-state index is 10.4. The molecular formula is C14H18ClN3O2. The molecule has 1 aromatic heterocycles. The van der Waals surface area contributed by atoms with Gasteiger partial charge in [0.15, 0.2) is 0 Å². The second-order valence-electron chi connectivity index (χ2n) is 4.65. The molecule has 2 rings (SSSR count). The first-order valence-electron chi connectivity index (χ1n) is 6.24. The first-order valence-corrected chi connectivity index (χ1v) is 6.62. The summed E-state index contributed by atoms with van der Waals surface area (Å²) < 4.78 is 6.84. The summed E-state index contributed by atoms with van der Waals surface area (Å²) in [6.07, 6.45) is -0.425. The summed E-state index contributed by atoms with van der Waals surface area (Å²) in [5, 5.41) is 15.2. The standard InChI is InChI=1S/C14H18ClN3O2/c1-8-13(15)10(18(2)17-8)7-11(19)9-5-4-6-12(20-3)14(9)16/h4-6,11,19H,7,16H2,1-3H3. The number of aromatic nitrogens is 2. The van der Waals surface area contributed by atoms with E-state index >= 15 is 0 Å². The Balaban J connectivity index is 2.31. The fourth-order valence-electron chi connectivity index (χ4n) is 2.22. The van der Waals surface area contributed by atoms with E-state index in [1.54, 1.807) is 37.0 Å². The van der Waals surface area contributed by atoms with Crippen LogP contribution in [0.25, 0.3) is 0 Å². The maximum Gasteiger partial charge on any atom is 0.142 e. The van der Waals surface area contributed by atoms with E-state index < -0.39 is 6.10 Å². The summed E-state index contributed by atoms with van der Waals surface area (Å²) >= 11 is 6.19. The average Bonchev–Trinajstić information content (AvgIpc) is 2.65. The van der Waals surface area contributed by atoms with Crippen molar-refractivity contribution in [3.05, 3.63) is 40.2 Å². The third-order valence-corrected chi connectivity index (χ3v) is 3.82. The van der Waals surface area contributed by atoms with E-state index in [1.165, 1.54) is 0 Å². The number of methoxy groups -OCH3 is 1. The number of rotatable bonds is 4. The van der Waals surface area contributed by atoms with Gasteiger partial charge in [0.2, 0.25) is 0 Å². The van der Waals surface area contributed by atoms with Crippen molar-refractivity contribution in [3.8, 4) is 5.75 Å². The Labute approximate surface area is 122 Å². The third-order valence-electron chi connectivity index (χ3n) is 3.33. The van der Waals surface area contributed by atoms with Gasteiger partial charge in [0.1, 0.15) is 5.75 Å². The van der Waals surface area contributed by atoms with Crippen molar-refractivity contribution in [3.63, 3.8) is 0 Å². The van der Waals surface area contributed by atoms with Crippen molar-refractivity contribution in [2.24, 2.45) is 7.05 Å². The SMILES string of the molecule is COc1cccc(C(O)Cc2c(Cl)c(C)nn2C)c1N. The fourth-order valence-corrected chi connectivity index (χ4v) is 2.46. The van der Waals surface area contributed by atoms with Crippen LogP contribution in [0.15, 0.2) is 18.2 Å². The highest BCUT2D eigenvalue weighted by Gasteiger charge is 2.19. The average molecular weight is 296 g/mol. The molecule has 1 heterocycles. The summed E-state index contributed by atoms with van der Waals surface area (Å²) in [5.74, 6) is 0.550. The van der Waals surface area contributed by atoms with Crippen molar-refractivity contribution >= 4 is 17.3 Å². The van der Waals surface area contributed by atoms with Gasteiger partial charge in [0, 0.05) is 19.0 Å². The van der Waals surface area contributed by atoms with E-state index in [1.807, 2.05) is 6.92 Å². The zero-order chi connectivity index (χ0) is 14.9. The molecule has 2 aromatic rings. The lowest BCUT2D eigenvalue weighted by Gasteiger charge is -2.16. The number of nitrogen functional groups attached to an aromatic ring is 1. The Morgan fingerprint density at radius 2 is 2.20 bits per heavy atom. The van der Waals surface area contributed by atoms with Crippen LogP contribution < -0.4 is 10.5 Å². The lowest BCUT2D eigenvalue weighted by atomic mass is 10.0. The number of para-hydroxylation sites is 1. The van der Waals surface area contributed by atoms with Crippen LogP contribution in [0.4, 0.5) is 5.69 Å². The number of aliphatic hydroxyl groups excluding tert-OH is 1. The zero-order valence-corrected chi connectivity index (χ0v) is 12.5. The number of halogens is 1. The second kappa shape index (κ2) is 5.73. The summed E-state index contributed by atoms with van der Waals surface area (Å²) in [6.45, 7) is 1.83. The van der Waals surface area contributed by atoms with Crippen molar-refractivity contribution < 1.29 is 9.84 Å². The number of hydrogen-bond acceptors (Lipinski definition) is 4. The molecule has 3 N–H and O–H groups in total. The Hall–Kier alpha value is -1.72. The van der Waals surface area contributed by atoms with Gasteiger partial charge in [-0.05, 0) is 13.0 Å². The van der Waals surface area contributed by atoms with Crippen LogP contribution in [-0.4, -0.2) is 22.0 Å². The first-order chi connectivity index (χ1) is 9.45. The maximum absolute atomic E-state index is 10.4. The summed E-state index contributed by atoms with van der Waals surface area (Å²) in [4.78, 5) is 0. The topological polar surface area (TPSA) is 73.3 Å². The number of hydrogen-bond donors (Lipinski definition) is 2. The number of benzene rings is 1. The van der Waals surface area contributed by atoms with Gasteiger partial charge in [-0.2, -0.15) is 5.10 Å². The number of nitrogens with two attached hydrogens (primary N) is 1. The second-order valence-corrected chi connectivity index (χ2v) is 5.03. The molecule has 0 aliphatic carbocycles. The molecule has 5 nitrogen and oxygen atoms in total. The monoisotopic (exact) mass is 295 g/mol. The predicted octanol–water partition coefficient (Wildman–Crippen LogP) is 2.25. The Bertz CT molecular complexity index is 625. The summed E-state index contributed by atoms with van der Waals surface area (Å²) in [5.41, 5.74) is 8.58. The van der Waals surface area contributed by atoms with E-state index in [4.69, 9.17) is 22.1 Å². The Kier molecular flexibility index (Phi) is 4.20. The molecule has 108 valence electrons. The van der Waals surface area contributed by atoms with Crippen LogP contribution in [-0.2, 0) is 13.5 Å². The van der Waals surface area contributed by atoms with Gasteiger partial charge in [-0.3, -0.25) is 4.68 Å². The van der Waals surface area contributed by atoms with E-state index in [9.17, 15) is 5.11 Å². The fraction of sp³-hybridized carbons (Fsp3) is 0.357. The van der Waals surface area contributed by atoms with Crippen molar-refractivity contribution in [2.75, 3.05) is 12.8 Å². The molecule has 0 amide bonds. The van der Waals surface area contributed by atoms with Gasteiger partial charge in [-0.15, -0.1) is 0 Å². The first kappa shape index (κ1) is 14.7. The van der Waals surface area contributed by atoms with E-state index in [2.05, 4.69) is 5.10 Å². The van der Waals surface area contributed by atoms with Gasteiger partial charge < -0.3 is 15.6 Å². The van der Waals surface area contributed by atoms with Crippen LogP contribution >= 0.6 is 11.6 Å². The van der Waals surface area contributed by atoms with Crippen molar-refractivity contribution in [1.82, 2.24) is 9.78 Å². The lowest BCUT2D eigenvalue weighted by Crippen LogP contribution is -2.09. The molecule has 1 unspecified atom stereocenters. The predicted molar refractivity (Wildman–Crippen MR) is 79.0 cm³/mol. The smallest absolute Gasteiger partial charge is 0.142 e. The Morgan fingerprint density at radius 3 is 2.75 bits per heavy atom. The van der Waals surface area contributed by atoms with Crippen LogP contribution in [0.1, 0.15) is 23.1 Å². The molecule has 0 spiro atoms. The zero-order valence-electron chi connectivity index (χ0n) is 11.7. The highest BCUT2D eigenvalue weighted by molar-refractivity contribution is 6.31. The molecule has 0 fully saturated rings. The molecule has 6 heteroatoms. The third kappa shape index (κ3) is 2.59. The normalized spacial score (nSPS) is 12.4. The molecule has 20 heavy (non-hydrogen) atoms. The number of aryl methyl sites for hydroxylation is 2. The highest BCUT2D eigenvalue weighted by Crippen LogP contribution is 2.32. The minimum absolute atomic E-state index is 0.341. The molecule has 1 aromatic carbocycles. The molecule has 0 bridgehead atoms. The van der Waals surface area contributed by atoms with Crippen LogP contribution in [0, 0.1) is 6.92 Å². The Morgan fingerprint density at radius 1 is 1.50 bits per heavy atom. The minimum Gasteiger partial charge on any atom is -0.495 e. The molecule has 0 aliphatic heterocycles. The van der Waals surface area contributed by atoms with Gasteiger partial charge >= 0.3 is 0 Å². The van der Waals surface area contributed by atoms with Gasteiger partial charge in [-0.25, -0.2) is 0 Å². The number of ether oxygens (including phenoxy) is 1. The summed E-state index contributed by atoms with van der Waals surface area (Å²) in [6, 6.07) is 5.33. The number of anilines is 1. The number of nitrogens with zero attached hydrogens (tertiary/aromatic N) is 2. The quantitative estimate of drug-likeness (QED) is 0.849. The van der Waals surface area contributed by atoms with E-state index in [-0.39, 0.29) is 0 Å². The lowest BCUT2D eigenvalue weighted by molar-refractivity contribution is 0.176. The van der Waals surface area contributed by atoms with Crippen LogP contribution in [0.2, 0.25) is 5.02 Å².